The topological polar surface area (TPSA) is 108 Å². The van der Waals surface area contributed by atoms with E-state index >= 15 is 0 Å². The van der Waals surface area contributed by atoms with Crippen molar-refractivity contribution >= 4 is 16.9 Å². The number of phenols is 1. The molecule has 1 atom stereocenters. The van der Waals surface area contributed by atoms with Gasteiger partial charge in [0.1, 0.15) is 5.75 Å². The second-order valence-corrected chi connectivity index (χ2v) is 7.14. The maximum Gasteiger partial charge on any atom is 0.254 e. The van der Waals surface area contributed by atoms with Crippen LogP contribution in [0.25, 0.3) is 22.3 Å². The molecule has 3 aromatic rings. The number of piperidine rings is 1. The zero-order valence-corrected chi connectivity index (χ0v) is 15.3. The fourth-order valence-electron chi connectivity index (χ4n) is 3.74. The number of fused-ring (bicyclic) bond motifs is 1. The van der Waals surface area contributed by atoms with Crippen molar-refractivity contribution in [3.05, 3.63) is 41.6 Å². The molecule has 2 aromatic heterocycles. The monoisotopic (exact) mass is 365 g/mol. The highest BCUT2D eigenvalue weighted by Gasteiger charge is 2.26. The maximum atomic E-state index is 13.3. The summed E-state index contributed by atoms with van der Waals surface area (Å²) < 4.78 is 0. The van der Waals surface area contributed by atoms with E-state index in [9.17, 15) is 9.90 Å². The van der Waals surface area contributed by atoms with E-state index in [0.29, 0.717) is 35.9 Å². The Morgan fingerprint density at radius 3 is 2.89 bits per heavy atom. The summed E-state index contributed by atoms with van der Waals surface area (Å²) in [6, 6.07) is 8.60. The van der Waals surface area contributed by atoms with Crippen LogP contribution in [0.4, 0.5) is 0 Å². The van der Waals surface area contributed by atoms with Crippen LogP contribution in [-0.2, 0) is 0 Å². The zero-order valence-electron chi connectivity index (χ0n) is 15.3. The van der Waals surface area contributed by atoms with Gasteiger partial charge in [-0.25, -0.2) is 4.98 Å². The molecule has 1 aromatic carbocycles. The first-order chi connectivity index (χ1) is 13.1. The van der Waals surface area contributed by atoms with E-state index < -0.39 is 0 Å². The van der Waals surface area contributed by atoms with Crippen molar-refractivity contribution in [2.75, 3.05) is 19.6 Å². The van der Waals surface area contributed by atoms with Crippen LogP contribution in [0.1, 0.15) is 28.9 Å². The minimum absolute atomic E-state index is 0.00919. The zero-order chi connectivity index (χ0) is 19.0. The van der Waals surface area contributed by atoms with E-state index in [1.54, 1.807) is 24.3 Å². The Morgan fingerprint density at radius 2 is 2.15 bits per heavy atom. The van der Waals surface area contributed by atoms with Crippen molar-refractivity contribution < 1.29 is 9.90 Å². The van der Waals surface area contributed by atoms with Gasteiger partial charge in [-0.2, -0.15) is 5.10 Å². The van der Waals surface area contributed by atoms with Crippen molar-refractivity contribution in [3.8, 4) is 17.0 Å². The van der Waals surface area contributed by atoms with Gasteiger partial charge in [0, 0.05) is 24.3 Å². The number of aromatic hydroxyl groups is 1. The molecular weight excluding hydrogens is 342 g/mol. The summed E-state index contributed by atoms with van der Waals surface area (Å²) in [7, 11) is 0. The number of carbonyl (C=O) groups is 1. The van der Waals surface area contributed by atoms with Crippen LogP contribution in [0.5, 0.6) is 5.75 Å². The van der Waals surface area contributed by atoms with E-state index in [-0.39, 0.29) is 11.7 Å². The first-order valence-corrected chi connectivity index (χ1v) is 9.21. The smallest absolute Gasteiger partial charge is 0.254 e. The number of aryl methyl sites for hydroxylation is 1. The third-order valence-corrected chi connectivity index (χ3v) is 5.24. The quantitative estimate of drug-likeness (QED) is 0.661. The fraction of sp³-hybridized carbons (Fsp3) is 0.350. The lowest BCUT2D eigenvalue weighted by Gasteiger charge is -2.32. The molecule has 3 heterocycles. The first kappa shape index (κ1) is 17.5. The number of rotatable bonds is 3. The van der Waals surface area contributed by atoms with Crippen LogP contribution in [0.3, 0.4) is 0 Å². The molecule has 0 spiro atoms. The van der Waals surface area contributed by atoms with Crippen molar-refractivity contribution in [2.24, 2.45) is 11.7 Å². The predicted octanol–water partition coefficient (Wildman–Crippen LogP) is 2.45. The molecule has 0 saturated carbocycles. The minimum atomic E-state index is -0.00919. The number of likely N-dealkylation sites (tertiary alicyclic amines) is 1. The summed E-state index contributed by atoms with van der Waals surface area (Å²) in [5.74, 6) is 0.528. The molecule has 7 nitrogen and oxygen atoms in total. The molecule has 4 N–H and O–H groups in total. The first-order valence-electron chi connectivity index (χ1n) is 9.21. The van der Waals surface area contributed by atoms with Gasteiger partial charge < -0.3 is 15.7 Å². The number of hydrogen-bond acceptors (Lipinski definition) is 5. The molecular formula is C20H23N5O2. The van der Waals surface area contributed by atoms with Gasteiger partial charge in [-0.05, 0) is 62.6 Å². The Balaban J connectivity index is 1.79. The highest BCUT2D eigenvalue weighted by atomic mass is 16.3. The van der Waals surface area contributed by atoms with Crippen molar-refractivity contribution in [1.82, 2.24) is 20.1 Å². The average Bonchev–Trinajstić information content (AvgIpc) is 3.08. The lowest BCUT2D eigenvalue weighted by Crippen LogP contribution is -2.42. The number of aromatic amines is 1. The second kappa shape index (κ2) is 7.00. The molecule has 0 aliphatic carbocycles. The van der Waals surface area contributed by atoms with Crippen molar-refractivity contribution in [1.29, 1.82) is 0 Å². The normalized spacial score (nSPS) is 17.4. The highest BCUT2D eigenvalue weighted by molar-refractivity contribution is 6.07. The van der Waals surface area contributed by atoms with Crippen LogP contribution in [-0.4, -0.2) is 50.7 Å². The van der Waals surface area contributed by atoms with Crippen LogP contribution in [0.2, 0.25) is 0 Å². The number of benzene rings is 1. The Bertz CT molecular complexity index is 980. The van der Waals surface area contributed by atoms with Crippen LogP contribution in [0.15, 0.2) is 30.3 Å². The van der Waals surface area contributed by atoms with Crippen molar-refractivity contribution in [2.45, 2.75) is 19.8 Å². The summed E-state index contributed by atoms with van der Waals surface area (Å²) in [6.45, 7) is 3.92. The molecule has 1 aliphatic rings. The maximum absolute atomic E-state index is 13.3. The van der Waals surface area contributed by atoms with E-state index in [1.165, 1.54) is 0 Å². The summed E-state index contributed by atoms with van der Waals surface area (Å²) in [6.07, 6.45) is 2.03. The summed E-state index contributed by atoms with van der Waals surface area (Å²) in [5.41, 5.74) is 9.26. The standard InChI is InChI=1S/C20H23N5O2/c1-12-18-16(20(27)25-8-2-3-13(10-21)11-25)9-17(22-19(18)24-23-12)14-4-6-15(26)7-5-14/h4-7,9,13,26H,2-3,8,10-11,21H2,1H3,(H,22,23,24)/t13-/m0/s1. The minimum Gasteiger partial charge on any atom is -0.508 e. The number of amides is 1. The number of carbonyl (C=O) groups excluding carboxylic acids is 1. The molecule has 1 aliphatic heterocycles. The Labute approximate surface area is 157 Å². The van der Waals surface area contributed by atoms with Crippen LogP contribution in [0, 0.1) is 12.8 Å². The number of nitrogens with zero attached hydrogens (tertiary/aromatic N) is 3. The average molecular weight is 365 g/mol. The predicted molar refractivity (Wildman–Crippen MR) is 103 cm³/mol. The van der Waals surface area contributed by atoms with Crippen LogP contribution >= 0.6 is 0 Å². The van der Waals surface area contributed by atoms with Gasteiger partial charge in [-0.3, -0.25) is 9.89 Å². The number of pyridine rings is 1. The molecule has 0 radical (unpaired) electrons. The van der Waals surface area contributed by atoms with Gasteiger partial charge in [0.25, 0.3) is 5.91 Å². The number of hydrogen-bond donors (Lipinski definition) is 3. The summed E-state index contributed by atoms with van der Waals surface area (Å²) in [4.78, 5) is 19.8. The van der Waals surface area contributed by atoms with Gasteiger partial charge in [0.15, 0.2) is 5.65 Å². The Morgan fingerprint density at radius 1 is 1.37 bits per heavy atom. The lowest BCUT2D eigenvalue weighted by molar-refractivity contribution is 0.0680. The van der Waals surface area contributed by atoms with Gasteiger partial charge in [-0.15, -0.1) is 0 Å². The van der Waals surface area contributed by atoms with E-state index in [0.717, 1.165) is 36.0 Å². The number of nitrogens with one attached hydrogen (secondary N) is 1. The van der Waals surface area contributed by atoms with Gasteiger partial charge in [0.2, 0.25) is 0 Å². The van der Waals surface area contributed by atoms with Gasteiger partial charge in [-0.1, -0.05) is 0 Å². The number of aromatic nitrogens is 3. The molecule has 140 valence electrons. The molecule has 27 heavy (non-hydrogen) atoms. The summed E-state index contributed by atoms with van der Waals surface area (Å²) >= 11 is 0. The Kier molecular flexibility index (Phi) is 4.53. The molecule has 4 rings (SSSR count). The third-order valence-electron chi connectivity index (χ3n) is 5.24. The molecule has 1 saturated heterocycles. The third kappa shape index (κ3) is 3.26. The number of H-pyrrole nitrogens is 1. The fourth-order valence-corrected chi connectivity index (χ4v) is 3.74. The second-order valence-electron chi connectivity index (χ2n) is 7.14. The van der Waals surface area contributed by atoms with E-state index in [1.807, 2.05) is 17.9 Å². The van der Waals surface area contributed by atoms with E-state index in [4.69, 9.17) is 5.73 Å². The van der Waals surface area contributed by atoms with Crippen molar-refractivity contribution in [3.63, 3.8) is 0 Å². The van der Waals surface area contributed by atoms with Gasteiger partial charge >= 0.3 is 0 Å². The lowest BCUT2D eigenvalue weighted by atomic mass is 9.97. The highest BCUT2D eigenvalue weighted by Crippen LogP contribution is 2.28. The number of phenolic OH excluding ortho intramolecular Hbond substituents is 1. The van der Waals surface area contributed by atoms with Gasteiger partial charge in [0.05, 0.1) is 16.6 Å². The molecule has 0 bridgehead atoms. The van der Waals surface area contributed by atoms with E-state index in [2.05, 4.69) is 15.2 Å². The largest absolute Gasteiger partial charge is 0.508 e. The molecule has 0 unspecified atom stereocenters. The SMILES string of the molecule is Cc1[nH]nc2nc(-c3ccc(O)cc3)cc(C(=O)N3CCC[C@@H](CN)C3)c12. The Hall–Kier alpha value is -2.93. The molecule has 1 fully saturated rings. The summed E-state index contributed by atoms with van der Waals surface area (Å²) in [5, 5.41) is 17.5. The van der Waals surface area contributed by atoms with Crippen LogP contribution < -0.4 is 5.73 Å². The molecule has 7 heteroatoms. The number of nitrogens with two attached hydrogens (primary N) is 1. The molecule has 1 amide bonds.